The predicted octanol–water partition coefficient (Wildman–Crippen LogP) is 1.11. The quantitative estimate of drug-likeness (QED) is 0.497. The number of hydrogen-bond donors (Lipinski definition) is 3. The Bertz CT molecular complexity index is 315. The van der Waals surface area contributed by atoms with Crippen molar-refractivity contribution in [2.75, 3.05) is 7.11 Å². The van der Waals surface area contributed by atoms with E-state index in [0.29, 0.717) is 5.75 Å². The summed E-state index contributed by atoms with van der Waals surface area (Å²) < 4.78 is 4.83. The van der Waals surface area contributed by atoms with Crippen LogP contribution in [-0.2, 0) is 0 Å². The Morgan fingerprint density at radius 2 is 2.15 bits per heavy atom. The van der Waals surface area contributed by atoms with Gasteiger partial charge in [0.1, 0.15) is 5.84 Å². The predicted molar refractivity (Wildman–Crippen MR) is 52.9 cm³/mol. The minimum atomic E-state index is -0.175. The number of nitrogens with two attached hydrogens (primary N) is 1. The highest BCUT2D eigenvalue weighted by molar-refractivity contribution is 5.98. The summed E-state index contributed by atoms with van der Waals surface area (Å²) in [6.45, 7) is 0. The molecule has 5 heteroatoms. The molecule has 4 nitrogen and oxygen atoms in total. The third kappa shape index (κ3) is 2.26. The number of hydrogen-bond acceptors (Lipinski definition) is 3. The van der Waals surface area contributed by atoms with Gasteiger partial charge in [0.25, 0.3) is 0 Å². The zero-order valence-corrected chi connectivity index (χ0v) is 7.89. The second-order valence-corrected chi connectivity index (χ2v) is 2.27. The number of ether oxygens (including phenoxy) is 1. The standard InChI is InChI=1S/C8H10N2O2.ClH/c1-12-6-4-2-3-5(7(6)11)8(9)10;/h2-4,11H,1H3,(H3,9,10);1H. The average Bonchev–Trinajstić information content (AvgIpc) is 2.04. The van der Waals surface area contributed by atoms with Gasteiger partial charge >= 0.3 is 0 Å². The molecule has 0 heterocycles. The van der Waals surface area contributed by atoms with Crippen LogP contribution in [0.1, 0.15) is 5.56 Å². The van der Waals surface area contributed by atoms with E-state index in [1.807, 2.05) is 0 Å². The molecule has 0 fully saturated rings. The molecule has 0 saturated heterocycles. The molecular formula is C8H11ClN2O2. The second kappa shape index (κ2) is 4.57. The van der Waals surface area contributed by atoms with Crippen molar-refractivity contribution in [1.82, 2.24) is 0 Å². The normalized spacial score (nSPS) is 8.69. The van der Waals surface area contributed by atoms with Crippen molar-refractivity contribution >= 4 is 18.2 Å². The van der Waals surface area contributed by atoms with Gasteiger partial charge in [0.15, 0.2) is 11.5 Å². The summed E-state index contributed by atoms with van der Waals surface area (Å²) >= 11 is 0. The van der Waals surface area contributed by atoms with Gasteiger partial charge in [-0.05, 0) is 12.1 Å². The lowest BCUT2D eigenvalue weighted by Gasteiger charge is -2.06. The summed E-state index contributed by atoms with van der Waals surface area (Å²) in [5.41, 5.74) is 5.49. The van der Waals surface area contributed by atoms with Gasteiger partial charge in [-0.15, -0.1) is 12.4 Å². The van der Waals surface area contributed by atoms with Gasteiger partial charge in [0.2, 0.25) is 0 Å². The Hall–Kier alpha value is -1.42. The van der Waals surface area contributed by atoms with Crippen LogP contribution in [0, 0.1) is 5.41 Å². The van der Waals surface area contributed by atoms with Crippen LogP contribution >= 0.6 is 12.4 Å². The van der Waals surface area contributed by atoms with Crippen molar-refractivity contribution in [2.45, 2.75) is 0 Å². The molecule has 0 aliphatic heterocycles. The summed E-state index contributed by atoms with van der Waals surface area (Å²) in [6.07, 6.45) is 0. The molecule has 0 aromatic heterocycles. The van der Waals surface area contributed by atoms with E-state index < -0.39 is 0 Å². The first kappa shape index (κ1) is 11.6. The minimum absolute atomic E-state index is 0. The maximum Gasteiger partial charge on any atom is 0.168 e. The summed E-state index contributed by atoms with van der Waals surface area (Å²) in [5.74, 6) is 0.0570. The Balaban J connectivity index is 0.00000144. The van der Waals surface area contributed by atoms with Crippen LogP contribution in [-0.4, -0.2) is 18.1 Å². The van der Waals surface area contributed by atoms with Crippen molar-refractivity contribution in [2.24, 2.45) is 5.73 Å². The number of amidine groups is 1. The van der Waals surface area contributed by atoms with Gasteiger partial charge in [-0.25, -0.2) is 0 Å². The van der Waals surface area contributed by atoms with E-state index in [4.69, 9.17) is 15.9 Å². The first-order chi connectivity index (χ1) is 5.66. The summed E-state index contributed by atoms with van der Waals surface area (Å²) in [5, 5.41) is 16.5. The van der Waals surface area contributed by atoms with E-state index in [-0.39, 0.29) is 29.6 Å². The summed E-state index contributed by atoms with van der Waals surface area (Å²) in [7, 11) is 1.44. The Kier molecular flexibility index (Phi) is 4.07. The number of benzene rings is 1. The van der Waals surface area contributed by atoms with Crippen LogP contribution in [0.15, 0.2) is 18.2 Å². The first-order valence-corrected chi connectivity index (χ1v) is 3.37. The molecule has 13 heavy (non-hydrogen) atoms. The molecule has 0 saturated carbocycles. The molecule has 4 N–H and O–H groups in total. The van der Waals surface area contributed by atoms with Gasteiger partial charge in [-0.2, -0.15) is 0 Å². The molecule has 72 valence electrons. The number of nitrogens with one attached hydrogen (secondary N) is 1. The lowest BCUT2D eigenvalue weighted by molar-refractivity contribution is 0.373. The second-order valence-electron chi connectivity index (χ2n) is 2.27. The molecule has 0 spiro atoms. The molecule has 1 aromatic rings. The molecule has 1 rings (SSSR count). The molecule has 0 bridgehead atoms. The first-order valence-electron chi connectivity index (χ1n) is 3.37. The van der Waals surface area contributed by atoms with Gasteiger partial charge < -0.3 is 15.6 Å². The largest absolute Gasteiger partial charge is 0.504 e. The molecule has 0 unspecified atom stereocenters. The molecule has 1 aromatic carbocycles. The fraction of sp³-hybridized carbons (Fsp3) is 0.125. The van der Waals surface area contributed by atoms with E-state index >= 15 is 0 Å². The van der Waals surface area contributed by atoms with E-state index in [2.05, 4.69) is 0 Å². The molecule has 0 radical (unpaired) electrons. The Morgan fingerprint density at radius 1 is 1.54 bits per heavy atom. The van der Waals surface area contributed by atoms with E-state index in [0.717, 1.165) is 0 Å². The van der Waals surface area contributed by atoms with Crippen LogP contribution in [0.2, 0.25) is 0 Å². The Morgan fingerprint density at radius 3 is 2.62 bits per heavy atom. The zero-order chi connectivity index (χ0) is 9.14. The number of para-hydroxylation sites is 1. The van der Waals surface area contributed by atoms with Crippen LogP contribution < -0.4 is 10.5 Å². The Labute approximate surface area is 82.2 Å². The number of rotatable bonds is 2. The van der Waals surface area contributed by atoms with Gasteiger partial charge in [0, 0.05) is 0 Å². The number of nitrogen functional groups attached to an aromatic ring is 1. The molecule has 0 aliphatic carbocycles. The van der Waals surface area contributed by atoms with Crippen LogP contribution in [0.5, 0.6) is 11.5 Å². The molecular weight excluding hydrogens is 192 g/mol. The minimum Gasteiger partial charge on any atom is -0.504 e. The number of halogens is 1. The van der Waals surface area contributed by atoms with E-state index in [1.54, 1.807) is 18.2 Å². The fourth-order valence-electron chi connectivity index (χ4n) is 0.904. The molecule has 0 amide bonds. The van der Waals surface area contributed by atoms with E-state index in [9.17, 15) is 5.11 Å². The average molecular weight is 203 g/mol. The molecule has 0 atom stereocenters. The van der Waals surface area contributed by atoms with E-state index in [1.165, 1.54) is 7.11 Å². The number of methoxy groups -OCH3 is 1. The lowest BCUT2D eigenvalue weighted by Crippen LogP contribution is -2.11. The van der Waals surface area contributed by atoms with Gasteiger partial charge in [0.05, 0.1) is 12.7 Å². The van der Waals surface area contributed by atoms with Crippen molar-refractivity contribution in [3.8, 4) is 11.5 Å². The van der Waals surface area contributed by atoms with Crippen molar-refractivity contribution in [3.05, 3.63) is 23.8 Å². The van der Waals surface area contributed by atoms with Crippen LogP contribution in [0.4, 0.5) is 0 Å². The monoisotopic (exact) mass is 202 g/mol. The summed E-state index contributed by atoms with van der Waals surface area (Å²) in [4.78, 5) is 0. The van der Waals surface area contributed by atoms with Crippen LogP contribution in [0.3, 0.4) is 0 Å². The highest BCUT2D eigenvalue weighted by atomic mass is 35.5. The van der Waals surface area contributed by atoms with Gasteiger partial charge in [-0.1, -0.05) is 6.07 Å². The van der Waals surface area contributed by atoms with Crippen molar-refractivity contribution in [1.29, 1.82) is 5.41 Å². The number of aromatic hydroxyl groups is 1. The maximum atomic E-state index is 9.41. The van der Waals surface area contributed by atoms with Crippen LogP contribution in [0.25, 0.3) is 0 Å². The lowest BCUT2D eigenvalue weighted by atomic mass is 10.2. The molecule has 0 aliphatic rings. The highest BCUT2D eigenvalue weighted by Gasteiger charge is 2.08. The number of phenols is 1. The van der Waals surface area contributed by atoms with Crippen molar-refractivity contribution in [3.63, 3.8) is 0 Å². The van der Waals surface area contributed by atoms with Gasteiger partial charge in [-0.3, -0.25) is 5.41 Å². The fourth-order valence-corrected chi connectivity index (χ4v) is 0.904. The zero-order valence-electron chi connectivity index (χ0n) is 7.07. The summed E-state index contributed by atoms with van der Waals surface area (Å²) in [6, 6.07) is 4.82. The highest BCUT2D eigenvalue weighted by Crippen LogP contribution is 2.28. The third-order valence-electron chi connectivity index (χ3n) is 1.51. The SMILES string of the molecule is COc1cccc(C(=N)N)c1O.Cl. The number of phenolic OH excluding ortho intramolecular Hbond substituents is 1. The third-order valence-corrected chi connectivity index (χ3v) is 1.51. The van der Waals surface area contributed by atoms with Crippen molar-refractivity contribution < 1.29 is 9.84 Å². The smallest absolute Gasteiger partial charge is 0.168 e. The maximum absolute atomic E-state index is 9.41. The topological polar surface area (TPSA) is 79.3 Å².